The van der Waals surface area contributed by atoms with Gasteiger partial charge in [0.1, 0.15) is 11.6 Å². The van der Waals surface area contributed by atoms with E-state index in [1.807, 2.05) is 13.8 Å². The highest BCUT2D eigenvalue weighted by Crippen LogP contribution is 2.15. The fourth-order valence-corrected chi connectivity index (χ4v) is 1.45. The smallest absolute Gasteiger partial charge is 0.252 e. The Labute approximate surface area is 99.7 Å². The zero-order valence-electron chi connectivity index (χ0n) is 10.2. The third-order valence-electron chi connectivity index (χ3n) is 2.80. The summed E-state index contributed by atoms with van der Waals surface area (Å²) in [7, 11) is 0. The van der Waals surface area contributed by atoms with Crippen molar-refractivity contribution in [3.63, 3.8) is 0 Å². The van der Waals surface area contributed by atoms with Crippen molar-refractivity contribution < 1.29 is 10.2 Å². The summed E-state index contributed by atoms with van der Waals surface area (Å²) in [4.78, 5) is 18.2. The maximum absolute atomic E-state index is 11.4. The van der Waals surface area contributed by atoms with Crippen molar-refractivity contribution in [1.82, 2.24) is 9.97 Å². The molecule has 6 heteroatoms. The van der Waals surface area contributed by atoms with Crippen LogP contribution in [0.2, 0.25) is 0 Å². The molecule has 0 saturated carbocycles. The van der Waals surface area contributed by atoms with Crippen molar-refractivity contribution in [1.29, 1.82) is 0 Å². The number of aromatic nitrogens is 2. The van der Waals surface area contributed by atoms with Crippen LogP contribution in [0.1, 0.15) is 26.1 Å². The molecule has 0 atom stereocenters. The molecule has 1 rings (SSSR count). The Morgan fingerprint density at radius 2 is 2.06 bits per heavy atom. The second kappa shape index (κ2) is 5.79. The van der Waals surface area contributed by atoms with Crippen molar-refractivity contribution in [3.8, 4) is 0 Å². The normalized spacial score (nSPS) is 11.5. The third kappa shape index (κ3) is 3.28. The summed E-state index contributed by atoms with van der Waals surface area (Å²) in [6, 6.07) is 1.31. The standard InChI is InChI=1S/C11H19N3O3/c1-3-8-12-9(5-10(17)13-8)14-11(4-2,6-15)7-16/h5,15-16H,3-4,6-7H2,1-2H3,(H2,12,13,14,17). The number of aliphatic hydroxyl groups excluding tert-OH is 2. The van der Waals surface area contributed by atoms with Gasteiger partial charge in [0.15, 0.2) is 0 Å². The van der Waals surface area contributed by atoms with Crippen LogP contribution in [0, 0.1) is 0 Å². The Balaban J connectivity index is 3.01. The Morgan fingerprint density at radius 3 is 2.53 bits per heavy atom. The molecule has 0 aliphatic rings. The fourth-order valence-electron chi connectivity index (χ4n) is 1.45. The molecule has 0 spiro atoms. The van der Waals surface area contributed by atoms with E-state index in [-0.39, 0.29) is 18.8 Å². The number of rotatable bonds is 6. The minimum absolute atomic E-state index is 0.226. The molecule has 1 aromatic heterocycles. The lowest BCUT2D eigenvalue weighted by Crippen LogP contribution is -2.45. The molecule has 0 unspecified atom stereocenters. The number of aryl methyl sites for hydroxylation is 1. The second-order valence-corrected chi connectivity index (χ2v) is 4.01. The first kappa shape index (κ1) is 13.7. The van der Waals surface area contributed by atoms with Gasteiger partial charge in [0, 0.05) is 12.5 Å². The first-order valence-electron chi connectivity index (χ1n) is 5.69. The minimum Gasteiger partial charge on any atom is -0.394 e. The van der Waals surface area contributed by atoms with Gasteiger partial charge >= 0.3 is 0 Å². The Hall–Kier alpha value is -1.40. The van der Waals surface area contributed by atoms with Crippen LogP contribution >= 0.6 is 0 Å². The maximum Gasteiger partial charge on any atom is 0.252 e. The van der Waals surface area contributed by atoms with Gasteiger partial charge in [-0.1, -0.05) is 13.8 Å². The average molecular weight is 241 g/mol. The molecule has 0 saturated heterocycles. The summed E-state index contributed by atoms with van der Waals surface area (Å²) >= 11 is 0. The minimum atomic E-state index is -0.841. The van der Waals surface area contributed by atoms with Crippen LogP contribution in [0.5, 0.6) is 0 Å². The number of aromatic amines is 1. The predicted molar refractivity (Wildman–Crippen MR) is 65.1 cm³/mol. The van der Waals surface area contributed by atoms with E-state index in [4.69, 9.17) is 0 Å². The van der Waals surface area contributed by atoms with Gasteiger partial charge in [-0.15, -0.1) is 0 Å². The van der Waals surface area contributed by atoms with Gasteiger partial charge in [0.2, 0.25) is 0 Å². The number of aliphatic hydroxyl groups is 2. The molecule has 6 nitrogen and oxygen atoms in total. The van der Waals surface area contributed by atoms with E-state index in [9.17, 15) is 15.0 Å². The van der Waals surface area contributed by atoms with Crippen LogP contribution in [0.25, 0.3) is 0 Å². The molecule has 96 valence electrons. The molecule has 0 radical (unpaired) electrons. The number of anilines is 1. The quantitative estimate of drug-likeness (QED) is 0.556. The topological polar surface area (TPSA) is 98.2 Å². The van der Waals surface area contributed by atoms with Gasteiger partial charge in [-0.25, -0.2) is 4.98 Å². The van der Waals surface area contributed by atoms with Crippen LogP contribution in [-0.4, -0.2) is 38.9 Å². The molecule has 0 fully saturated rings. The van der Waals surface area contributed by atoms with Crippen molar-refractivity contribution in [2.24, 2.45) is 0 Å². The van der Waals surface area contributed by atoms with Gasteiger partial charge in [0.25, 0.3) is 5.56 Å². The van der Waals surface area contributed by atoms with Gasteiger partial charge in [0.05, 0.1) is 18.8 Å². The monoisotopic (exact) mass is 241 g/mol. The summed E-state index contributed by atoms with van der Waals surface area (Å²) in [6.45, 7) is 3.27. The van der Waals surface area contributed by atoms with Crippen LogP contribution in [0.3, 0.4) is 0 Å². The second-order valence-electron chi connectivity index (χ2n) is 4.01. The molecule has 4 N–H and O–H groups in total. The Kier molecular flexibility index (Phi) is 4.65. The van der Waals surface area contributed by atoms with Crippen molar-refractivity contribution in [3.05, 3.63) is 22.2 Å². The Morgan fingerprint density at radius 1 is 1.41 bits per heavy atom. The molecule has 0 aliphatic heterocycles. The summed E-state index contributed by atoms with van der Waals surface area (Å²) in [6.07, 6.45) is 1.14. The van der Waals surface area contributed by atoms with E-state index < -0.39 is 5.54 Å². The molecule has 0 bridgehead atoms. The van der Waals surface area contributed by atoms with E-state index in [0.717, 1.165) is 0 Å². The van der Waals surface area contributed by atoms with E-state index in [1.54, 1.807) is 0 Å². The lowest BCUT2D eigenvalue weighted by atomic mass is 9.98. The van der Waals surface area contributed by atoms with E-state index in [1.165, 1.54) is 6.07 Å². The lowest BCUT2D eigenvalue weighted by Gasteiger charge is -2.30. The van der Waals surface area contributed by atoms with Gasteiger partial charge in [-0.05, 0) is 6.42 Å². The van der Waals surface area contributed by atoms with Gasteiger partial charge < -0.3 is 20.5 Å². The summed E-state index contributed by atoms with van der Waals surface area (Å²) in [5.41, 5.74) is -1.09. The van der Waals surface area contributed by atoms with Crippen molar-refractivity contribution in [2.75, 3.05) is 18.5 Å². The maximum atomic E-state index is 11.4. The molecule has 0 aromatic carbocycles. The number of nitrogens with one attached hydrogen (secondary N) is 2. The molecule has 1 aromatic rings. The lowest BCUT2D eigenvalue weighted by molar-refractivity contribution is 0.132. The zero-order chi connectivity index (χ0) is 12.9. The number of H-pyrrole nitrogens is 1. The Bertz CT molecular complexity index is 404. The molecule has 1 heterocycles. The summed E-state index contributed by atoms with van der Waals surface area (Å²) < 4.78 is 0. The van der Waals surface area contributed by atoms with Crippen LogP contribution < -0.4 is 10.9 Å². The van der Waals surface area contributed by atoms with E-state index in [2.05, 4.69) is 15.3 Å². The fraction of sp³-hybridized carbons (Fsp3) is 0.636. The predicted octanol–water partition coefficient (Wildman–Crippen LogP) is -0.122. The molecular formula is C11H19N3O3. The highest BCUT2D eigenvalue weighted by molar-refractivity contribution is 5.37. The summed E-state index contributed by atoms with van der Waals surface area (Å²) in [5.74, 6) is 0.941. The van der Waals surface area contributed by atoms with Crippen molar-refractivity contribution in [2.45, 2.75) is 32.2 Å². The van der Waals surface area contributed by atoms with Crippen molar-refractivity contribution >= 4 is 5.82 Å². The highest BCUT2D eigenvalue weighted by Gasteiger charge is 2.26. The zero-order valence-corrected chi connectivity index (χ0v) is 10.2. The number of nitrogens with zero attached hydrogens (tertiary/aromatic N) is 1. The first-order chi connectivity index (χ1) is 8.09. The van der Waals surface area contributed by atoms with Gasteiger partial charge in [-0.2, -0.15) is 0 Å². The molecule has 0 amide bonds. The highest BCUT2D eigenvalue weighted by atomic mass is 16.3. The average Bonchev–Trinajstić information content (AvgIpc) is 2.35. The van der Waals surface area contributed by atoms with Gasteiger partial charge in [-0.3, -0.25) is 4.79 Å². The molecule has 17 heavy (non-hydrogen) atoms. The molecule has 0 aliphatic carbocycles. The van der Waals surface area contributed by atoms with E-state index >= 15 is 0 Å². The van der Waals surface area contributed by atoms with E-state index in [0.29, 0.717) is 24.5 Å². The summed E-state index contributed by atoms with van der Waals surface area (Å²) in [5, 5.41) is 21.5. The van der Waals surface area contributed by atoms with Crippen LogP contribution in [-0.2, 0) is 6.42 Å². The number of hydrogen-bond acceptors (Lipinski definition) is 5. The SMILES string of the molecule is CCc1nc(NC(CC)(CO)CO)cc(=O)[nH]1. The molecular weight excluding hydrogens is 222 g/mol. The van der Waals surface area contributed by atoms with Crippen LogP contribution in [0.15, 0.2) is 10.9 Å². The third-order valence-corrected chi connectivity index (χ3v) is 2.80. The van der Waals surface area contributed by atoms with Crippen LogP contribution in [0.4, 0.5) is 5.82 Å². The largest absolute Gasteiger partial charge is 0.394 e. The number of hydrogen-bond donors (Lipinski definition) is 4. The first-order valence-corrected chi connectivity index (χ1v) is 5.69.